The van der Waals surface area contributed by atoms with E-state index in [1.807, 2.05) is 0 Å². The van der Waals surface area contributed by atoms with Gasteiger partial charge >= 0.3 is 6.18 Å². The van der Waals surface area contributed by atoms with E-state index in [-0.39, 0.29) is 23.1 Å². The number of benzene rings is 1. The highest BCUT2D eigenvalue weighted by molar-refractivity contribution is 6.32. The number of carbonyl (C=O) groups excluding carboxylic acids is 1. The van der Waals surface area contributed by atoms with Crippen LogP contribution in [0.25, 0.3) is 5.69 Å². The Morgan fingerprint density at radius 2 is 2.15 bits per heavy atom. The fraction of sp³-hybridized carbons (Fsp3) is 0.294. The number of ether oxygens (including phenoxy) is 1. The molecule has 2 aromatic rings. The molecule has 0 bridgehead atoms. The summed E-state index contributed by atoms with van der Waals surface area (Å²) in [5.41, 5.74) is -0.372. The van der Waals surface area contributed by atoms with Gasteiger partial charge in [-0.2, -0.15) is 18.3 Å². The molecule has 0 spiro atoms. The van der Waals surface area contributed by atoms with Crippen LogP contribution in [0.5, 0.6) is 0 Å². The summed E-state index contributed by atoms with van der Waals surface area (Å²) in [7, 11) is 0. The van der Waals surface area contributed by atoms with Crippen molar-refractivity contribution in [1.29, 1.82) is 0 Å². The summed E-state index contributed by atoms with van der Waals surface area (Å²) < 4.78 is 45.4. The van der Waals surface area contributed by atoms with Gasteiger partial charge < -0.3 is 10.1 Å². The molecule has 0 aliphatic carbocycles. The number of carbonyl (C=O) groups is 1. The lowest BCUT2D eigenvalue weighted by molar-refractivity contribution is -0.137. The second-order valence-corrected chi connectivity index (χ2v) is 5.91. The second kappa shape index (κ2) is 7.92. The van der Waals surface area contributed by atoms with E-state index in [1.54, 1.807) is 13.8 Å². The summed E-state index contributed by atoms with van der Waals surface area (Å²) in [4.78, 5) is 12.2. The SMILES string of the molecule is C=CCOC(C)C(=O)Nc1cc(C)nn1-c1cc(C(F)(F)F)ccc1Cl. The van der Waals surface area contributed by atoms with Gasteiger partial charge in [0.05, 0.1) is 28.6 Å². The molecule has 26 heavy (non-hydrogen) atoms. The largest absolute Gasteiger partial charge is 0.416 e. The lowest BCUT2D eigenvalue weighted by atomic mass is 10.2. The van der Waals surface area contributed by atoms with Crippen molar-refractivity contribution in [3.8, 4) is 5.69 Å². The molecule has 0 aliphatic heterocycles. The van der Waals surface area contributed by atoms with Crippen LogP contribution in [-0.2, 0) is 15.7 Å². The number of hydrogen-bond donors (Lipinski definition) is 1. The zero-order valence-corrected chi connectivity index (χ0v) is 14.9. The minimum atomic E-state index is -4.53. The molecule has 1 unspecified atom stereocenters. The Morgan fingerprint density at radius 3 is 2.77 bits per heavy atom. The zero-order chi connectivity index (χ0) is 19.5. The molecule has 5 nitrogen and oxygen atoms in total. The molecule has 0 radical (unpaired) electrons. The molecular formula is C17H17ClF3N3O2. The van der Waals surface area contributed by atoms with Crippen molar-refractivity contribution in [1.82, 2.24) is 9.78 Å². The molecule has 140 valence electrons. The topological polar surface area (TPSA) is 56.1 Å². The highest BCUT2D eigenvalue weighted by atomic mass is 35.5. The third-order valence-corrected chi connectivity index (χ3v) is 3.74. The number of amides is 1. The Balaban J connectivity index is 2.38. The molecule has 0 saturated heterocycles. The van der Waals surface area contributed by atoms with E-state index in [9.17, 15) is 18.0 Å². The summed E-state index contributed by atoms with van der Waals surface area (Å²) in [6.45, 7) is 6.87. The van der Waals surface area contributed by atoms with Crippen LogP contribution in [0.2, 0.25) is 5.02 Å². The van der Waals surface area contributed by atoms with Crippen molar-refractivity contribution < 1.29 is 22.7 Å². The van der Waals surface area contributed by atoms with Gasteiger partial charge in [0, 0.05) is 6.07 Å². The molecule has 2 rings (SSSR count). The van der Waals surface area contributed by atoms with Gasteiger partial charge in [0.25, 0.3) is 5.91 Å². The van der Waals surface area contributed by atoms with Crippen LogP contribution in [0.3, 0.4) is 0 Å². The van der Waals surface area contributed by atoms with Gasteiger partial charge in [-0.25, -0.2) is 4.68 Å². The molecule has 1 N–H and O–H groups in total. The highest BCUT2D eigenvalue weighted by Crippen LogP contribution is 2.34. The number of hydrogen-bond acceptors (Lipinski definition) is 3. The van der Waals surface area contributed by atoms with Crippen molar-refractivity contribution in [2.45, 2.75) is 26.1 Å². The molecule has 1 aromatic heterocycles. The van der Waals surface area contributed by atoms with Gasteiger partial charge in [-0.15, -0.1) is 6.58 Å². The van der Waals surface area contributed by atoms with E-state index in [0.29, 0.717) is 5.69 Å². The van der Waals surface area contributed by atoms with Crippen LogP contribution < -0.4 is 5.32 Å². The predicted molar refractivity (Wildman–Crippen MR) is 92.6 cm³/mol. The van der Waals surface area contributed by atoms with Crippen LogP contribution in [0, 0.1) is 6.92 Å². The normalized spacial score (nSPS) is 12.7. The fourth-order valence-corrected chi connectivity index (χ4v) is 2.34. The van der Waals surface area contributed by atoms with Crippen LogP contribution >= 0.6 is 11.6 Å². The van der Waals surface area contributed by atoms with Gasteiger partial charge in [0.2, 0.25) is 0 Å². The number of nitrogens with one attached hydrogen (secondary N) is 1. The first-order valence-corrected chi connectivity index (χ1v) is 7.98. The number of aryl methyl sites for hydroxylation is 1. The summed E-state index contributed by atoms with van der Waals surface area (Å²) in [5.74, 6) is -0.293. The molecule has 1 aromatic carbocycles. The van der Waals surface area contributed by atoms with Crippen molar-refractivity contribution in [2.24, 2.45) is 0 Å². The van der Waals surface area contributed by atoms with Gasteiger partial charge in [-0.05, 0) is 32.0 Å². The van der Waals surface area contributed by atoms with Crippen LogP contribution in [-0.4, -0.2) is 28.4 Å². The number of alkyl halides is 3. The van der Waals surface area contributed by atoms with Gasteiger partial charge in [0.1, 0.15) is 11.9 Å². The van der Waals surface area contributed by atoms with Crippen LogP contribution in [0.1, 0.15) is 18.2 Å². The molecule has 1 amide bonds. The van der Waals surface area contributed by atoms with Crippen molar-refractivity contribution in [3.63, 3.8) is 0 Å². The molecule has 0 fully saturated rings. The average Bonchev–Trinajstić information content (AvgIpc) is 2.92. The highest BCUT2D eigenvalue weighted by Gasteiger charge is 2.31. The van der Waals surface area contributed by atoms with Gasteiger partial charge in [-0.3, -0.25) is 4.79 Å². The summed E-state index contributed by atoms with van der Waals surface area (Å²) in [6, 6.07) is 4.42. The first-order valence-electron chi connectivity index (χ1n) is 7.60. The average molecular weight is 388 g/mol. The second-order valence-electron chi connectivity index (χ2n) is 5.50. The smallest absolute Gasteiger partial charge is 0.365 e. The van der Waals surface area contributed by atoms with Crippen LogP contribution in [0.4, 0.5) is 19.0 Å². The lowest BCUT2D eigenvalue weighted by Crippen LogP contribution is -2.28. The first kappa shape index (κ1) is 20.0. The number of rotatable bonds is 6. The van der Waals surface area contributed by atoms with Crippen molar-refractivity contribution in [3.05, 3.63) is 53.2 Å². The molecule has 9 heteroatoms. The predicted octanol–water partition coefficient (Wildman–Crippen LogP) is 4.38. The lowest BCUT2D eigenvalue weighted by Gasteiger charge is -2.15. The van der Waals surface area contributed by atoms with Gasteiger partial charge in [0.15, 0.2) is 0 Å². The third-order valence-electron chi connectivity index (χ3n) is 3.42. The molecule has 1 heterocycles. The van der Waals surface area contributed by atoms with E-state index in [2.05, 4.69) is 17.0 Å². The Labute approximate surface area is 153 Å². The van der Waals surface area contributed by atoms with Crippen molar-refractivity contribution >= 4 is 23.3 Å². The standard InChI is InChI=1S/C17H17ClF3N3O2/c1-4-7-26-11(3)16(25)22-15-8-10(2)23-24(15)14-9-12(17(19,20)21)5-6-13(14)18/h4-6,8-9,11H,1,7H2,2-3H3,(H,22,25). The third kappa shape index (κ3) is 4.64. The van der Waals surface area contributed by atoms with E-state index in [0.717, 1.165) is 22.9 Å². The van der Waals surface area contributed by atoms with E-state index >= 15 is 0 Å². The maximum Gasteiger partial charge on any atom is 0.416 e. The number of anilines is 1. The van der Waals surface area contributed by atoms with E-state index in [4.69, 9.17) is 16.3 Å². The minimum absolute atomic E-state index is 0.00422. The quantitative estimate of drug-likeness (QED) is 0.748. The first-order chi connectivity index (χ1) is 12.1. The van der Waals surface area contributed by atoms with Crippen molar-refractivity contribution in [2.75, 3.05) is 11.9 Å². The zero-order valence-electron chi connectivity index (χ0n) is 14.1. The Kier molecular flexibility index (Phi) is 6.09. The Bertz CT molecular complexity index is 818. The number of aromatic nitrogens is 2. The summed E-state index contributed by atoms with van der Waals surface area (Å²) >= 11 is 6.05. The summed E-state index contributed by atoms with van der Waals surface area (Å²) in [5, 5.41) is 6.78. The monoisotopic (exact) mass is 387 g/mol. The maximum absolute atomic E-state index is 13.0. The fourth-order valence-electron chi connectivity index (χ4n) is 2.14. The maximum atomic E-state index is 13.0. The molecule has 1 atom stereocenters. The molecule has 0 aliphatic rings. The Morgan fingerprint density at radius 1 is 1.46 bits per heavy atom. The molecular weight excluding hydrogens is 371 g/mol. The minimum Gasteiger partial charge on any atom is -0.365 e. The Hall–Kier alpha value is -2.32. The number of halogens is 4. The van der Waals surface area contributed by atoms with Crippen LogP contribution in [0.15, 0.2) is 36.9 Å². The van der Waals surface area contributed by atoms with Gasteiger partial charge in [-0.1, -0.05) is 17.7 Å². The number of nitrogens with zero attached hydrogens (tertiary/aromatic N) is 2. The molecule has 0 saturated carbocycles. The van der Waals surface area contributed by atoms with E-state index in [1.165, 1.54) is 12.1 Å². The van der Waals surface area contributed by atoms with E-state index < -0.39 is 23.8 Å². The summed E-state index contributed by atoms with van der Waals surface area (Å²) in [6.07, 6.45) is -3.81.